The third-order valence-electron chi connectivity index (χ3n) is 5.70. The lowest BCUT2D eigenvalue weighted by Crippen LogP contribution is -2.40. The van der Waals surface area contributed by atoms with Gasteiger partial charge in [-0.15, -0.1) is 0 Å². The van der Waals surface area contributed by atoms with Gasteiger partial charge in [-0.3, -0.25) is 9.36 Å². The highest BCUT2D eigenvalue weighted by atomic mass is 127. The molecule has 2 heterocycles. The second kappa shape index (κ2) is 12.3. The van der Waals surface area contributed by atoms with E-state index in [4.69, 9.17) is 14.2 Å². The van der Waals surface area contributed by atoms with E-state index in [1.807, 2.05) is 56.3 Å². The predicted octanol–water partition coefficient (Wildman–Crippen LogP) is 5.19. The average molecular weight is 758 g/mol. The largest absolute Gasteiger partial charge is 0.494 e. The van der Waals surface area contributed by atoms with Gasteiger partial charge in [0.1, 0.15) is 11.5 Å². The highest BCUT2D eigenvalue weighted by Gasteiger charge is 2.33. The number of hydrogen-bond donors (Lipinski definition) is 0. The summed E-state index contributed by atoms with van der Waals surface area (Å²) >= 11 is 5.80. The quantitative estimate of drug-likeness (QED) is 0.234. The molecule has 0 unspecified atom stereocenters. The van der Waals surface area contributed by atoms with Crippen molar-refractivity contribution in [3.8, 4) is 11.5 Å². The molecule has 2 aromatic carbocycles. The molecule has 0 saturated carbocycles. The minimum Gasteiger partial charge on any atom is -0.494 e. The first-order valence-corrected chi connectivity index (χ1v) is 15.2. The molecule has 0 saturated heterocycles. The molecule has 1 atom stereocenters. The number of rotatable bonds is 8. The van der Waals surface area contributed by atoms with Crippen LogP contribution in [-0.2, 0) is 9.53 Å². The first-order valence-electron chi connectivity index (χ1n) is 12.2. The molecule has 0 spiro atoms. The molecule has 0 fully saturated rings. The maximum atomic E-state index is 13.9. The molecule has 10 heteroatoms. The summed E-state index contributed by atoms with van der Waals surface area (Å²) in [6.45, 7) is 10.4. The van der Waals surface area contributed by atoms with Gasteiger partial charge in [-0.25, -0.2) is 9.79 Å². The van der Waals surface area contributed by atoms with Gasteiger partial charge in [-0.05, 0) is 121 Å². The Kier molecular flexibility index (Phi) is 9.35. The lowest BCUT2D eigenvalue weighted by molar-refractivity contribution is -0.143. The van der Waals surface area contributed by atoms with Gasteiger partial charge in [0.2, 0.25) is 0 Å². The van der Waals surface area contributed by atoms with E-state index >= 15 is 0 Å². The zero-order valence-corrected chi connectivity index (χ0v) is 26.8. The smallest absolute Gasteiger partial charge is 0.338 e. The number of allylic oxidation sites excluding steroid dienone is 1. The van der Waals surface area contributed by atoms with Crippen molar-refractivity contribution in [3.05, 3.63) is 85.6 Å². The highest BCUT2D eigenvalue weighted by Crippen LogP contribution is 2.32. The van der Waals surface area contributed by atoms with Crippen LogP contribution in [0.4, 0.5) is 0 Å². The summed E-state index contributed by atoms with van der Waals surface area (Å²) in [6.07, 6.45) is 1.56. The number of esters is 1. The van der Waals surface area contributed by atoms with Gasteiger partial charge < -0.3 is 14.2 Å². The Morgan fingerprint density at radius 1 is 1.11 bits per heavy atom. The van der Waals surface area contributed by atoms with Gasteiger partial charge in [-0.1, -0.05) is 23.5 Å². The fraction of sp³-hybridized carbons (Fsp3) is 0.321. The highest BCUT2D eigenvalue weighted by molar-refractivity contribution is 14.1. The molecule has 0 amide bonds. The van der Waals surface area contributed by atoms with Crippen molar-refractivity contribution in [2.24, 2.45) is 4.99 Å². The second-order valence-electron chi connectivity index (χ2n) is 8.78. The maximum absolute atomic E-state index is 13.9. The first-order chi connectivity index (χ1) is 18.1. The normalized spacial score (nSPS) is 15.4. The number of benzene rings is 2. The standard InChI is InChI=1S/C28H28I2N2O5S/c1-6-35-19-10-8-18(9-11-19)24-23(27(34)37-15(3)4)16(5)31-28-32(24)26(33)22(38-28)14-17-12-20(29)25(36-7-2)21(30)13-17/h8-15,24H,6-7H2,1-5H3/b22-14+/t24-/m1/s1. The van der Waals surface area contributed by atoms with Gasteiger partial charge in [0.15, 0.2) is 4.80 Å². The molecule has 0 aliphatic carbocycles. The van der Waals surface area contributed by atoms with Crippen molar-refractivity contribution in [2.75, 3.05) is 13.2 Å². The minimum atomic E-state index is -0.670. The van der Waals surface area contributed by atoms with E-state index < -0.39 is 12.0 Å². The number of aromatic nitrogens is 1. The molecular weight excluding hydrogens is 730 g/mol. The van der Waals surface area contributed by atoms with E-state index in [1.165, 1.54) is 11.3 Å². The van der Waals surface area contributed by atoms with E-state index in [0.717, 1.165) is 29.8 Å². The Morgan fingerprint density at radius 2 is 1.74 bits per heavy atom. The third-order valence-corrected chi connectivity index (χ3v) is 8.28. The lowest BCUT2D eigenvalue weighted by atomic mass is 9.96. The Bertz CT molecular complexity index is 1550. The molecule has 4 rings (SSSR count). The van der Waals surface area contributed by atoms with Crippen molar-refractivity contribution in [2.45, 2.75) is 46.8 Å². The third kappa shape index (κ3) is 6.01. The van der Waals surface area contributed by atoms with Crippen LogP contribution >= 0.6 is 56.5 Å². The fourth-order valence-electron chi connectivity index (χ4n) is 4.19. The zero-order chi connectivity index (χ0) is 27.6. The maximum Gasteiger partial charge on any atom is 0.338 e. The number of carbonyl (C=O) groups excluding carboxylic acids is 1. The van der Waals surface area contributed by atoms with Crippen molar-refractivity contribution >= 4 is 68.6 Å². The van der Waals surface area contributed by atoms with Crippen LogP contribution in [0.15, 0.2) is 57.5 Å². The molecular formula is C28H28I2N2O5S. The monoisotopic (exact) mass is 758 g/mol. The fourth-order valence-corrected chi connectivity index (χ4v) is 7.36. The molecule has 0 bridgehead atoms. The van der Waals surface area contributed by atoms with Crippen LogP contribution in [0.1, 0.15) is 51.8 Å². The Hall–Kier alpha value is -2.19. The Balaban J connectivity index is 1.89. The lowest BCUT2D eigenvalue weighted by Gasteiger charge is -2.25. The molecule has 0 N–H and O–H groups in total. The van der Waals surface area contributed by atoms with Crippen LogP contribution in [0, 0.1) is 7.14 Å². The summed E-state index contributed by atoms with van der Waals surface area (Å²) in [7, 11) is 0. The van der Waals surface area contributed by atoms with Gasteiger partial charge in [0.05, 0.1) is 48.3 Å². The molecule has 38 heavy (non-hydrogen) atoms. The van der Waals surface area contributed by atoms with Gasteiger partial charge >= 0.3 is 5.97 Å². The first kappa shape index (κ1) is 28.8. The van der Waals surface area contributed by atoms with Crippen LogP contribution < -0.4 is 24.4 Å². The number of thiazole rings is 1. The SMILES string of the molecule is CCOc1ccc([C@@H]2C(C(=O)OC(C)C)=C(C)N=c3s/c(=C/c4cc(I)c(OCC)c(I)c4)c(=O)n32)cc1. The van der Waals surface area contributed by atoms with Crippen LogP contribution in [-0.4, -0.2) is 29.9 Å². The van der Waals surface area contributed by atoms with E-state index in [9.17, 15) is 9.59 Å². The summed E-state index contributed by atoms with van der Waals surface area (Å²) < 4.78 is 21.0. The van der Waals surface area contributed by atoms with Crippen molar-refractivity contribution in [3.63, 3.8) is 0 Å². The summed E-state index contributed by atoms with van der Waals surface area (Å²) in [4.78, 5) is 32.3. The Labute approximate surface area is 252 Å². The van der Waals surface area contributed by atoms with E-state index in [2.05, 4.69) is 50.2 Å². The predicted molar refractivity (Wildman–Crippen MR) is 166 cm³/mol. The number of hydrogen-bond acceptors (Lipinski definition) is 7. The van der Waals surface area contributed by atoms with Crippen LogP contribution in [0.3, 0.4) is 0 Å². The average Bonchev–Trinajstić information content (AvgIpc) is 3.15. The van der Waals surface area contributed by atoms with Crippen LogP contribution in [0.25, 0.3) is 6.08 Å². The molecule has 3 aromatic rings. The van der Waals surface area contributed by atoms with Crippen molar-refractivity contribution < 1.29 is 19.0 Å². The van der Waals surface area contributed by atoms with Crippen LogP contribution in [0.5, 0.6) is 11.5 Å². The summed E-state index contributed by atoms with van der Waals surface area (Å²) in [5.41, 5.74) is 2.34. The van der Waals surface area contributed by atoms with Crippen molar-refractivity contribution in [1.29, 1.82) is 0 Å². The van der Waals surface area contributed by atoms with E-state index in [0.29, 0.717) is 33.8 Å². The molecule has 7 nitrogen and oxygen atoms in total. The molecule has 0 radical (unpaired) electrons. The van der Waals surface area contributed by atoms with Crippen LogP contribution in [0.2, 0.25) is 0 Å². The van der Waals surface area contributed by atoms with Crippen molar-refractivity contribution in [1.82, 2.24) is 4.57 Å². The number of halogens is 2. The van der Waals surface area contributed by atoms with Gasteiger partial charge in [0, 0.05) is 0 Å². The molecule has 1 aliphatic rings. The number of ether oxygens (including phenoxy) is 3. The van der Waals surface area contributed by atoms with Gasteiger partial charge in [0.25, 0.3) is 5.56 Å². The Morgan fingerprint density at radius 3 is 2.32 bits per heavy atom. The molecule has 1 aromatic heterocycles. The topological polar surface area (TPSA) is 79.1 Å². The molecule has 1 aliphatic heterocycles. The minimum absolute atomic E-state index is 0.214. The molecule has 200 valence electrons. The zero-order valence-electron chi connectivity index (χ0n) is 21.7. The summed E-state index contributed by atoms with van der Waals surface area (Å²) in [5.74, 6) is 1.08. The number of carbonyl (C=O) groups is 1. The van der Waals surface area contributed by atoms with E-state index in [1.54, 1.807) is 25.3 Å². The number of fused-ring (bicyclic) bond motifs is 1. The van der Waals surface area contributed by atoms with Gasteiger partial charge in [-0.2, -0.15) is 0 Å². The van der Waals surface area contributed by atoms with E-state index in [-0.39, 0.29) is 11.7 Å². The summed E-state index contributed by atoms with van der Waals surface area (Å²) in [6, 6.07) is 10.8. The second-order valence-corrected chi connectivity index (χ2v) is 12.1. The number of nitrogens with zero attached hydrogens (tertiary/aromatic N) is 2. The summed E-state index contributed by atoms with van der Waals surface area (Å²) in [5, 5.41) is 0.